The minimum atomic E-state index is -0.596. The van der Waals surface area contributed by atoms with Gasteiger partial charge >= 0.3 is 11.9 Å². The van der Waals surface area contributed by atoms with Crippen LogP contribution in [0.25, 0.3) is 11.3 Å². The Bertz CT molecular complexity index is 1280. The number of nitrogens with zero attached hydrogens (tertiary/aromatic N) is 2. The first kappa shape index (κ1) is 26.4. The molecule has 4 aliphatic rings. The molecule has 3 saturated carbocycles. The van der Waals surface area contributed by atoms with Crippen LogP contribution in [-0.2, 0) is 19.2 Å². The molecule has 1 atom stereocenters. The number of carbonyl (C=O) groups excluding carboxylic acids is 3. The summed E-state index contributed by atoms with van der Waals surface area (Å²) < 4.78 is 6.17. The summed E-state index contributed by atoms with van der Waals surface area (Å²) >= 11 is 0. The number of aromatic amines is 1. The number of amides is 2. The predicted octanol–water partition coefficient (Wildman–Crippen LogP) is 4.48. The van der Waals surface area contributed by atoms with Crippen LogP contribution < -0.4 is 10.8 Å². The molecule has 0 saturated heterocycles. The lowest BCUT2D eigenvalue weighted by Crippen LogP contribution is -2.38. The standard InChI is InChI=1S/C30H37N5O5/c1-2-26(36)40-34-29(38)25-17-35(22-9-4-3-5-10-22)30(39-25)21-8-6-7-20(15-21)23-16-24(33-32-23)28(37)31-27(18-11-12-18)19-13-14-19/h6-8,15-19,22,27,30H,2-5,9-14H2,1H3,(H,31,37)(H,32,33)(H,34,38)/t30-/m0/s1. The molecule has 10 heteroatoms. The van der Waals surface area contributed by atoms with E-state index in [4.69, 9.17) is 9.57 Å². The average molecular weight is 548 g/mol. The highest BCUT2D eigenvalue weighted by Gasteiger charge is 2.42. The molecule has 3 fully saturated rings. The maximum atomic E-state index is 13.0. The number of H-pyrrole nitrogens is 1. The number of benzene rings is 1. The van der Waals surface area contributed by atoms with E-state index in [1.807, 2.05) is 24.3 Å². The molecule has 0 bridgehead atoms. The molecule has 10 nitrogen and oxygen atoms in total. The van der Waals surface area contributed by atoms with E-state index in [1.54, 1.807) is 19.2 Å². The van der Waals surface area contributed by atoms with Crippen molar-refractivity contribution < 1.29 is 24.0 Å². The van der Waals surface area contributed by atoms with Gasteiger partial charge in [0.05, 0.1) is 11.9 Å². The number of nitrogens with one attached hydrogen (secondary N) is 3. The van der Waals surface area contributed by atoms with E-state index < -0.39 is 18.1 Å². The van der Waals surface area contributed by atoms with Crippen molar-refractivity contribution in [3.63, 3.8) is 0 Å². The first-order chi connectivity index (χ1) is 19.5. The Hall–Kier alpha value is -3.82. The van der Waals surface area contributed by atoms with Crippen LogP contribution in [-0.4, -0.2) is 45.0 Å². The van der Waals surface area contributed by atoms with Crippen molar-refractivity contribution in [3.8, 4) is 11.3 Å². The maximum absolute atomic E-state index is 13.0. The summed E-state index contributed by atoms with van der Waals surface area (Å²) in [5.74, 6) is 0.0818. The topological polar surface area (TPSA) is 126 Å². The number of ether oxygens (including phenoxy) is 1. The molecule has 1 aliphatic heterocycles. The van der Waals surface area contributed by atoms with Gasteiger partial charge in [-0.25, -0.2) is 4.79 Å². The zero-order valence-electron chi connectivity index (χ0n) is 22.9. The van der Waals surface area contributed by atoms with Crippen molar-refractivity contribution >= 4 is 17.8 Å². The zero-order valence-corrected chi connectivity index (χ0v) is 22.9. The van der Waals surface area contributed by atoms with E-state index in [-0.39, 0.29) is 30.2 Å². The molecule has 3 aliphatic carbocycles. The summed E-state index contributed by atoms with van der Waals surface area (Å²) in [6.45, 7) is 1.65. The maximum Gasteiger partial charge on any atom is 0.331 e. The molecule has 2 heterocycles. The van der Waals surface area contributed by atoms with Gasteiger partial charge < -0.3 is 19.8 Å². The molecule has 2 aromatic rings. The summed E-state index contributed by atoms with van der Waals surface area (Å²) in [6.07, 6.45) is 11.6. The molecule has 2 amide bonds. The monoisotopic (exact) mass is 547 g/mol. The van der Waals surface area contributed by atoms with E-state index in [9.17, 15) is 14.4 Å². The van der Waals surface area contributed by atoms with Gasteiger partial charge in [-0.3, -0.25) is 14.7 Å². The lowest BCUT2D eigenvalue weighted by Gasteiger charge is -2.35. The Morgan fingerprint density at radius 2 is 1.80 bits per heavy atom. The third kappa shape index (κ3) is 5.85. The van der Waals surface area contributed by atoms with Crippen LogP contribution in [0.3, 0.4) is 0 Å². The predicted molar refractivity (Wildman–Crippen MR) is 146 cm³/mol. The molecule has 0 unspecified atom stereocenters. The van der Waals surface area contributed by atoms with Crippen molar-refractivity contribution in [1.82, 2.24) is 25.9 Å². The van der Waals surface area contributed by atoms with E-state index in [2.05, 4.69) is 25.9 Å². The fourth-order valence-electron chi connectivity index (χ4n) is 5.87. The highest BCUT2D eigenvalue weighted by Crippen LogP contribution is 2.44. The van der Waals surface area contributed by atoms with Gasteiger partial charge in [-0.05, 0) is 62.5 Å². The van der Waals surface area contributed by atoms with Crippen LogP contribution in [0.4, 0.5) is 0 Å². The van der Waals surface area contributed by atoms with Gasteiger partial charge in [0.25, 0.3) is 5.91 Å². The number of hydroxylamine groups is 1. The van der Waals surface area contributed by atoms with E-state index in [0.29, 0.717) is 17.5 Å². The Labute approximate surface area is 233 Å². The van der Waals surface area contributed by atoms with Crippen LogP contribution in [0, 0.1) is 11.8 Å². The first-order valence-electron chi connectivity index (χ1n) is 14.6. The Kier molecular flexibility index (Phi) is 7.49. The largest absolute Gasteiger partial charge is 0.459 e. The minimum Gasteiger partial charge on any atom is -0.459 e. The lowest BCUT2D eigenvalue weighted by molar-refractivity contribution is -0.158. The second kappa shape index (κ2) is 11.3. The molecule has 1 aromatic heterocycles. The van der Waals surface area contributed by atoms with Gasteiger partial charge in [-0.1, -0.05) is 44.4 Å². The second-order valence-corrected chi connectivity index (χ2v) is 11.4. The average Bonchev–Trinajstić information content (AvgIpc) is 3.92. The van der Waals surface area contributed by atoms with Crippen LogP contribution in [0.15, 0.2) is 42.3 Å². The van der Waals surface area contributed by atoms with Crippen LogP contribution >= 0.6 is 0 Å². The van der Waals surface area contributed by atoms with Gasteiger partial charge in [0.15, 0.2) is 11.9 Å². The number of rotatable bonds is 9. The zero-order chi connectivity index (χ0) is 27.6. The number of hydrogen-bond acceptors (Lipinski definition) is 7. The third-order valence-electron chi connectivity index (χ3n) is 8.39. The molecule has 6 rings (SSSR count). The van der Waals surface area contributed by atoms with E-state index in [1.165, 1.54) is 32.1 Å². The van der Waals surface area contributed by atoms with E-state index >= 15 is 0 Å². The molecule has 0 radical (unpaired) electrons. The second-order valence-electron chi connectivity index (χ2n) is 11.4. The molecular weight excluding hydrogens is 510 g/mol. The third-order valence-corrected chi connectivity index (χ3v) is 8.39. The van der Waals surface area contributed by atoms with Gasteiger partial charge in [0, 0.05) is 29.6 Å². The summed E-state index contributed by atoms with van der Waals surface area (Å²) in [7, 11) is 0. The molecular formula is C30H37N5O5. The number of hydrogen-bond donors (Lipinski definition) is 3. The Morgan fingerprint density at radius 3 is 2.50 bits per heavy atom. The van der Waals surface area contributed by atoms with Crippen molar-refractivity contribution in [2.24, 2.45) is 11.8 Å². The number of aromatic nitrogens is 2. The van der Waals surface area contributed by atoms with Crippen molar-refractivity contribution in [2.45, 2.75) is 89.4 Å². The van der Waals surface area contributed by atoms with Crippen LogP contribution in [0.1, 0.15) is 93.4 Å². The molecule has 3 N–H and O–H groups in total. The van der Waals surface area contributed by atoms with Gasteiger partial charge in [-0.15, -0.1) is 0 Å². The summed E-state index contributed by atoms with van der Waals surface area (Å²) in [4.78, 5) is 44.2. The number of carbonyl (C=O) groups is 3. The van der Waals surface area contributed by atoms with Gasteiger partial charge in [0.2, 0.25) is 5.76 Å². The fourth-order valence-corrected chi connectivity index (χ4v) is 5.87. The molecule has 0 spiro atoms. The Balaban J connectivity index is 1.18. The molecule has 212 valence electrons. The van der Waals surface area contributed by atoms with Gasteiger partial charge in [-0.2, -0.15) is 10.6 Å². The minimum absolute atomic E-state index is 0.103. The quantitative estimate of drug-likeness (QED) is 0.395. The summed E-state index contributed by atoms with van der Waals surface area (Å²) in [6, 6.07) is 10.2. The van der Waals surface area contributed by atoms with Crippen molar-refractivity contribution in [3.05, 3.63) is 53.5 Å². The van der Waals surface area contributed by atoms with Gasteiger partial charge in [0.1, 0.15) is 0 Å². The SMILES string of the molecule is CCC(=O)ONC(=O)C1=CN(C2CCCCC2)[C@H](c2cccc(-c3cc(C(=O)NC(C4CC4)C4CC4)n[nH]3)c2)O1. The molecule has 40 heavy (non-hydrogen) atoms. The van der Waals surface area contributed by atoms with Crippen molar-refractivity contribution in [2.75, 3.05) is 0 Å². The summed E-state index contributed by atoms with van der Waals surface area (Å²) in [5.41, 5.74) is 5.06. The molecule has 1 aromatic carbocycles. The Morgan fingerprint density at radius 1 is 1.05 bits per heavy atom. The fraction of sp³-hybridized carbons (Fsp3) is 0.533. The highest BCUT2D eigenvalue weighted by molar-refractivity contribution is 5.93. The van der Waals surface area contributed by atoms with Crippen LogP contribution in [0.2, 0.25) is 0 Å². The normalized spacial score (nSPS) is 21.1. The first-order valence-corrected chi connectivity index (χ1v) is 14.6. The van der Waals surface area contributed by atoms with Crippen LogP contribution in [0.5, 0.6) is 0 Å². The smallest absolute Gasteiger partial charge is 0.331 e. The highest BCUT2D eigenvalue weighted by atomic mass is 16.7. The lowest BCUT2D eigenvalue weighted by atomic mass is 9.93. The summed E-state index contributed by atoms with van der Waals surface area (Å²) in [5, 5.41) is 10.6. The van der Waals surface area contributed by atoms with E-state index in [0.717, 1.165) is 42.5 Å². The van der Waals surface area contributed by atoms with Crippen molar-refractivity contribution in [1.29, 1.82) is 0 Å².